The fourth-order valence-electron chi connectivity index (χ4n) is 2.37. The molecule has 3 rings (SSSR count). The van der Waals surface area contributed by atoms with Crippen LogP contribution in [0, 0.1) is 0 Å². The molecule has 1 aliphatic heterocycles. The summed E-state index contributed by atoms with van der Waals surface area (Å²) >= 11 is 12.5. The lowest BCUT2D eigenvalue weighted by Crippen LogP contribution is -2.22. The maximum Gasteiger partial charge on any atom is 0.143 e. The van der Waals surface area contributed by atoms with Crippen LogP contribution in [0.2, 0.25) is 10.0 Å². The van der Waals surface area contributed by atoms with Gasteiger partial charge < -0.3 is 9.64 Å². The molecule has 102 valence electrons. The molecule has 0 unspecified atom stereocenters. The molecule has 20 heavy (non-hydrogen) atoms. The summed E-state index contributed by atoms with van der Waals surface area (Å²) in [5.74, 6) is 0.788. The predicted molar refractivity (Wildman–Crippen MR) is 83.3 cm³/mol. The van der Waals surface area contributed by atoms with Gasteiger partial charge in [-0.15, -0.1) is 0 Å². The van der Waals surface area contributed by atoms with Crippen LogP contribution in [-0.4, -0.2) is 18.6 Å². The van der Waals surface area contributed by atoms with Crippen molar-refractivity contribution in [1.82, 2.24) is 4.98 Å². The molecule has 1 aromatic carbocycles. The van der Waals surface area contributed by atoms with Crippen LogP contribution in [0.5, 0.6) is 5.75 Å². The molecular formula is C15H12Cl2N2O. The summed E-state index contributed by atoms with van der Waals surface area (Å²) < 4.78 is 5.47. The van der Waals surface area contributed by atoms with Crippen LogP contribution in [0.4, 0.5) is 11.4 Å². The highest BCUT2D eigenvalue weighted by atomic mass is 35.5. The minimum Gasteiger partial charge on any atom is -0.495 e. The second-order valence-electron chi connectivity index (χ2n) is 4.36. The number of rotatable bonds is 2. The number of benzene rings is 1. The third-order valence-electron chi connectivity index (χ3n) is 3.20. The summed E-state index contributed by atoms with van der Waals surface area (Å²) in [5.41, 5.74) is 2.78. The van der Waals surface area contributed by atoms with Gasteiger partial charge in [0.15, 0.2) is 0 Å². The highest BCUT2D eigenvalue weighted by Crippen LogP contribution is 2.44. The van der Waals surface area contributed by atoms with Gasteiger partial charge in [0, 0.05) is 24.5 Å². The Labute approximate surface area is 127 Å². The van der Waals surface area contributed by atoms with E-state index >= 15 is 0 Å². The maximum atomic E-state index is 6.27. The van der Waals surface area contributed by atoms with Gasteiger partial charge in [0.25, 0.3) is 0 Å². The van der Waals surface area contributed by atoms with Crippen molar-refractivity contribution in [1.29, 1.82) is 0 Å². The fourth-order valence-corrected chi connectivity index (χ4v) is 2.94. The van der Waals surface area contributed by atoms with Crippen molar-refractivity contribution in [2.75, 3.05) is 18.6 Å². The lowest BCUT2D eigenvalue weighted by molar-refractivity contribution is 0.415. The lowest BCUT2D eigenvalue weighted by atomic mass is 10.1. The molecule has 0 aliphatic carbocycles. The van der Waals surface area contributed by atoms with Crippen molar-refractivity contribution in [2.24, 2.45) is 0 Å². The molecule has 0 atom stereocenters. The topological polar surface area (TPSA) is 25.4 Å². The summed E-state index contributed by atoms with van der Waals surface area (Å²) in [5, 5.41) is 1.04. The van der Waals surface area contributed by atoms with E-state index in [1.807, 2.05) is 23.1 Å². The van der Waals surface area contributed by atoms with E-state index in [2.05, 4.69) is 17.1 Å². The van der Waals surface area contributed by atoms with Crippen LogP contribution in [0.1, 0.15) is 5.56 Å². The first-order valence-corrected chi connectivity index (χ1v) is 6.88. The summed E-state index contributed by atoms with van der Waals surface area (Å²) in [7, 11) is 1.65. The number of ether oxygens (including phenoxy) is 1. The molecule has 1 aliphatic rings. The summed E-state index contributed by atoms with van der Waals surface area (Å²) in [4.78, 5) is 6.04. The number of para-hydroxylation sites is 1. The molecule has 5 heteroatoms. The largest absolute Gasteiger partial charge is 0.495 e. The zero-order valence-electron chi connectivity index (χ0n) is 10.8. The van der Waals surface area contributed by atoms with Crippen molar-refractivity contribution >= 4 is 40.7 Å². The minimum absolute atomic E-state index is 0.518. The van der Waals surface area contributed by atoms with E-state index in [1.54, 1.807) is 19.5 Å². The van der Waals surface area contributed by atoms with Crippen LogP contribution >= 0.6 is 23.2 Å². The van der Waals surface area contributed by atoms with Crippen molar-refractivity contribution in [2.45, 2.75) is 0 Å². The SMILES string of the molecule is COc1cccc2c1N(c1c(Cl)cncc1Cl)CC=C2. The molecule has 3 nitrogen and oxygen atoms in total. The molecule has 0 N–H and O–H groups in total. The number of hydrogen-bond acceptors (Lipinski definition) is 3. The Kier molecular flexibility index (Phi) is 3.55. The standard InChI is InChI=1S/C15H12Cl2N2O/c1-20-13-6-2-4-10-5-3-7-19(14(10)13)15-11(16)8-18-9-12(15)17/h2-6,8-9H,7H2,1H3. The number of fused-ring (bicyclic) bond motifs is 1. The molecule has 1 aromatic heterocycles. The second-order valence-corrected chi connectivity index (χ2v) is 5.18. The van der Waals surface area contributed by atoms with E-state index in [-0.39, 0.29) is 0 Å². The zero-order chi connectivity index (χ0) is 14.1. The molecule has 2 heterocycles. The average molecular weight is 307 g/mol. The number of hydrogen-bond donors (Lipinski definition) is 0. The third-order valence-corrected chi connectivity index (χ3v) is 3.76. The Hall–Kier alpha value is -1.71. The molecule has 0 fully saturated rings. The predicted octanol–water partition coefficient (Wildman–Crippen LogP) is 4.56. The first kappa shape index (κ1) is 13.3. The smallest absolute Gasteiger partial charge is 0.143 e. The molecule has 0 saturated heterocycles. The minimum atomic E-state index is 0.518. The fraction of sp³-hybridized carbons (Fsp3) is 0.133. The highest BCUT2D eigenvalue weighted by Gasteiger charge is 2.23. The van der Waals surface area contributed by atoms with Crippen molar-refractivity contribution in [3.63, 3.8) is 0 Å². The summed E-state index contributed by atoms with van der Waals surface area (Å²) in [6, 6.07) is 5.92. The Balaban J connectivity index is 2.22. The number of halogens is 2. The molecule has 0 bridgehead atoms. The quantitative estimate of drug-likeness (QED) is 0.813. The lowest BCUT2D eigenvalue weighted by Gasteiger charge is -2.30. The number of methoxy groups -OCH3 is 1. The Bertz CT molecular complexity index is 665. The Morgan fingerprint density at radius 3 is 2.60 bits per heavy atom. The number of nitrogens with zero attached hydrogens (tertiary/aromatic N) is 2. The van der Waals surface area contributed by atoms with Gasteiger partial charge in [-0.2, -0.15) is 0 Å². The number of aromatic nitrogens is 1. The zero-order valence-corrected chi connectivity index (χ0v) is 12.3. The van der Waals surface area contributed by atoms with Crippen LogP contribution in [0.3, 0.4) is 0 Å². The van der Waals surface area contributed by atoms with Gasteiger partial charge in [-0.25, -0.2) is 0 Å². The molecule has 0 amide bonds. The number of pyridine rings is 1. The second kappa shape index (κ2) is 5.35. The summed E-state index contributed by atoms with van der Waals surface area (Å²) in [6.07, 6.45) is 7.32. The third kappa shape index (κ3) is 2.13. The Morgan fingerprint density at radius 2 is 1.90 bits per heavy atom. The van der Waals surface area contributed by atoms with Crippen LogP contribution < -0.4 is 9.64 Å². The van der Waals surface area contributed by atoms with E-state index < -0.39 is 0 Å². The first-order chi connectivity index (χ1) is 9.72. The molecule has 0 spiro atoms. The van der Waals surface area contributed by atoms with E-state index in [0.717, 1.165) is 22.7 Å². The molecular weight excluding hydrogens is 295 g/mol. The molecule has 2 aromatic rings. The first-order valence-electron chi connectivity index (χ1n) is 6.12. The summed E-state index contributed by atoms with van der Waals surface area (Å²) in [6.45, 7) is 0.677. The van der Waals surface area contributed by atoms with Gasteiger partial charge in [-0.05, 0) is 6.07 Å². The van der Waals surface area contributed by atoms with Gasteiger partial charge in [0.2, 0.25) is 0 Å². The van der Waals surface area contributed by atoms with Crippen molar-refractivity contribution in [3.05, 3.63) is 52.3 Å². The van der Waals surface area contributed by atoms with Gasteiger partial charge >= 0.3 is 0 Å². The van der Waals surface area contributed by atoms with Crippen LogP contribution in [0.15, 0.2) is 36.7 Å². The maximum absolute atomic E-state index is 6.27. The number of anilines is 2. The molecule has 0 radical (unpaired) electrons. The average Bonchev–Trinajstić information content (AvgIpc) is 2.46. The van der Waals surface area contributed by atoms with Gasteiger partial charge in [-0.1, -0.05) is 47.5 Å². The van der Waals surface area contributed by atoms with E-state index in [1.165, 1.54) is 0 Å². The van der Waals surface area contributed by atoms with Gasteiger partial charge in [0.05, 0.1) is 28.5 Å². The van der Waals surface area contributed by atoms with Crippen molar-refractivity contribution in [3.8, 4) is 5.75 Å². The van der Waals surface area contributed by atoms with Gasteiger partial charge in [0.1, 0.15) is 5.75 Å². The Morgan fingerprint density at radius 1 is 1.15 bits per heavy atom. The van der Waals surface area contributed by atoms with Crippen LogP contribution in [0.25, 0.3) is 6.08 Å². The van der Waals surface area contributed by atoms with E-state index in [0.29, 0.717) is 16.6 Å². The van der Waals surface area contributed by atoms with Gasteiger partial charge in [-0.3, -0.25) is 4.98 Å². The monoisotopic (exact) mass is 306 g/mol. The van der Waals surface area contributed by atoms with E-state index in [4.69, 9.17) is 27.9 Å². The highest BCUT2D eigenvalue weighted by molar-refractivity contribution is 6.39. The molecule has 0 saturated carbocycles. The van der Waals surface area contributed by atoms with Crippen LogP contribution in [-0.2, 0) is 0 Å². The normalized spacial score (nSPS) is 13.2. The van der Waals surface area contributed by atoms with Crippen molar-refractivity contribution < 1.29 is 4.74 Å². The van der Waals surface area contributed by atoms with E-state index in [9.17, 15) is 0 Å².